The number of para-hydroxylation sites is 1. The third kappa shape index (κ3) is 4.78. The maximum atomic E-state index is 9.17. The van der Waals surface area contributed by atoms with Gasteiger partial charge in [0.25, 0.3) is 0 Å². The molecule has 1 atom stereocenters. The lowest BCUT2D eigenvalue weighted by Crippen LogP contribution is -2.40. The Balaban J connectivity index is 1.75. The Morgan fingerprint density at radius 3 is 2.90 bits per heavy atom. The van der Waals surface area contributed by atoms with Crippen molar-refractivity contribution >= 4 is 0 Å². The van der Waals surface area contributed by atoms with E-state index >= 15 is 0 Å². The van der Waals surface area contributed by atoms with E-state index < -0.39 is 0 Å². The molecule has 20 heavy (non-hydrogen) atoms. The van der Waals surface area contributed by atoms with Gasteiger partial charge in [-0.3, -0.25) is 4.90 Å². The summed E-state index contributed by atoms with van der Waals surface area (Å²) in [5.41, 5.74) is 1.17. The molecule has 1 aromatic rings. The van der Waals surface area contributed by atoms with E-state index in [9.17, 15) is 0 Å². The summed E-state index contributed by atoms with van der Waals surface area (Å²) < 4.78 is 5.83. The maximum Gasteiger partial charge on any atom is 0.122 e. The zero-order chi connectivity index (χ0) is 14.2. The highest BCUT2D eigenvalue weighted by molar-refractivity contribution is 5.31. The highest BCUT2D eigenvalue weighted by Gasteiger charge is 2.17. The van der Waals surface area contributed by atoms with Crippen LogP contribution < -0.4 is 10.1 Å². The van der Waals surface area contributed by atoms with Crippen molar-refractivity contribution in [1.29, 1.82) is 0 Å². The lowest BCUT2D eigenvalue weighted by atomic mass is 10.2. The number of aryl methyl sites for hydroxylation is 1. The van der Waals surface area contributed by atoms with Gasteiger partial charge in [0.1, 0.15) is 12.4 Å². The SMILES string of the molecule is Cc1ccccc1OCCN(CCO)CC1CCCN1. The first-order valence-corrected chi connectivity index (χ1v) is 7.54. The molecule has 4 nitrogen and oxygen atoms in total. The summed E-state index contributed by atoms with van der Waals surface area (Å²) in [4.78, 5) is 2.28. The first-order valence-electron chi connectivity index (χ1n) is 7.54. The Morgan fingerprint density at radius 1 is 1.35 bits per heavy atom. The fourth-order valence-electron chi connectivity index (χ4n) is 2.66. The molecule has 1 unspecified atom stereocenters. The van der Waals surface area contributed by atoms with E-state index in [0.717, 1.165) is 31.9 Å². The summed E-state index contributed by atoms with van der Waals surface area (Å²) in [5.74, 6) is 0.954. The summed E-state index contributed by atoms with van der Waals surface area (Å²) in [6.45, 7) is 6.62. The lowest BCUT2D eigenvalue weighted by Gasteiger charge is -2.25. The molecule has 0 spiro atoms. The topological polar surface area (TPSA) is 44.7 Å². The standard InChI is InChI=1S/C16H26N2O2/c1-14-5-2-3-7-16(14)20-12-10-18(9-11-19)13-15-6-4-8-17-15/h2-3,5,7,15,17,19H,4,6,8-13H2,1H3. The van der Waals surface area contributed by atoms with Crippen LogP contribution in [0.1, 0.15) is 18.4 Å². The van der Waals surface area contributed by atoms with Crippen molar-refractivity contribution in [3.8, 4) is 5.75 Å². The van der Waals surface area contributed by atoms with E-state index in [1.807, 2.05) is 18.2 Å². The number of nitrogens with zero attached hydrogens (tertiary/aromatic N) is 1. The first-order chi connectivity index (χ1) is 9.79. The molecule has 1 aromatic carbocycles. The van der Waals surface area contributed by atoms with Crippen molar-refractivity contribution in [3.63, 3.8) is 0 Å². The maximum absolute atomic E-state index is 9.17. The smallest absolute Gasteiger partial charge is 0.122 e. The van der Waals surface area contributed by atoms with Crippen molar-refractivity contribution in [1.82, 2.24) is 10.2 Å². The molecule has 0 amide bonds. The fourth-order valence-corrected chi connectivity index (χ4v) is 2.66. The number of benzene rings is 1. The molecule has 4 heteroatoms. The molecule has 2 rings (SSSR count). The highest BCUT2D eigenvalue weighted by atomic mass is 16.5. The van der Waals surface area contributed by atoms with Crippen LogP contribution in [0.15, 0.2) is 24.3 Å². The fraction of sp³-hybridized carbons (Fsp3) is 0.625. The molecule has 0 bridgehead atoms. The van der Waals surface area contributed by atoms with Gasteiger partial charge in [-0.2, -0.15) is 0 Å². The monoisotopic (exact) mass is 278 g/mol. The van der Waals surface area contributed by atoms with Crippen LogP contribution in [-0.2, 0) is 0 Å². The second-order valence-corrected chi connectivity index (χ2v) is 5.43. The summed E-state index contributed by atoms with van der Waals surface area (Å²) in [5, 5.41) is 12.7. The largest absolute Gasteiger partial charge is 0.492 e. The molecule has 1 heterocycles. The quantitative estimate of drug-likeness (QED) is 0.755. The minimum absolute atomic E-state index is 0.205. The Kier molecular flexibility index (Phi) is 6.30. The van der Waals surface area contributed by atoms with Gasteiger partial charge in [0.2, 0.25) is 0 Å². The Labute approximate surface area is 121 Å². The van der Waals surface area contributed by atoms with Crippen LogP contribution in [0.2, 0.25) is 0 Å². The average molecular weight is 278 g/mol. The van der Waals surface area contributed by atoms with Gasteiger partial charge in [-0.25, -0.2) is 0 Å². The predicted molar refractivity (Wildman–Crippen MR) is 81.2 cm³/mol. The van der Waals surface area contributed by atoms with Crippen molar-refractivity contribution in [2.75, 3.05) is 39.4 Å². The zero-order valence-corrected chi connectivity index (χ0v) is 12.3. The average Bonchev–Trinajstić information content (AvgIpc) is 2.94. The second-order valence-electron chi connectivity index (χ2n) is 5.43. The van der Waals surface area contributed by atoms with Crippen LogP contribution in [0, 0.1) is 6.92 Å². The van der Waals surface area contributed by atoms with Gasteiger partial charge < -0.3 is 15.2 Å². The van der Waals surface area contributed by atoms with Gasteiger partial charge in [-0.1, -0.05) is 18.2 Å². The zero-order valence-electron chi connectivity index (χ0n) is 12.3. The second kappa shape index (κ2) is 8.25. The Hall–Kier alpha value is -1.10. The minimum Gasteiger partial charge on any atom is -0.492 e. The van der Waals surface area contributed by atoms with E-state index in [2.05, 4.69) is 23.2 Å². The van der Waals surface area contributed by atoms with E-state index in [1.54, 1.807) is 0 Å². The molecular weight excluding hydrogens is 252 g/mol. The van der Waals surface area contributed by atoms with Crippen LogP contribution in [0.5, 0.6) is 5.75 Å². The number of hydrogen-bond donors (Lipinski definition) is 2. The van der Waals surface area contributed by atoms with E-state index in [4.69, 9.17) is 9.84 Å². The number of aliphatic hydroxyl groups is 1. The van der Waals surface area contributed by atoms with Gasteiger partial charge in [0.05, 0.1) is 6.61 Å². The highest BCUT2D eigenvalue weighted by Crippen LogP contribution is 2.16. The van der Waals surface area contributed by atoms with Crippen molar-refractivity contribution < 1.29 is 9.84 Å². The molecule has 0 radical (unpaired) electrons. The number of rotatable bonds is 8. The summed E-state index contributed by atoms with van der Waals surface area (Å²) in [6, 6.07) is 8.65. The number of nitrogens with one attached hydrogen (secondary N) is 1. The summed E-state index contributed by atoms with van der Waals surface area (Å²) >= 11 is 0. The molecule has 2 N–H and O–H groups in total. The normalized spacial score (nSPS) is 18.6. The molecule has 1 aliphatic rings. The predicted octanol–water partition coefficient (Wildman–Crippen LogP) is 1.42. The van der Waals surface area contributed by atoms with Crippen molar-refractivity contribution in [2.45, 2.75) is 25.8 Å². The number of ether oxygens (including phenoxy) is 1. The first kappa shape index (κ1) is 15.3. The summed E-state index contributed by atoms with van der Waals surface area (Å²) in [7, 11) is 0. The minimum atomic E-state index is 0.205. The molecule has 1 fully saturated rings. The molecule has 1 saturated heterocycles. The molecule has 0 aliphatic carbocycles. The Morgan fingerprint density at radius 2 is 2.20 bits per heavy atom. The number of hydrogen-bond acceptors (Lipinski definition) is 4. The summed E-state index contributed by atoms with van der Waals surface area (Å²) in [6.07, 6.45) is 2.50. The van der Waals surface area contributed by atoms with Crippen molar-refractivity contribution in [3.05, 3.63) is 29.8 Å². The van der Waals surface area contributed by atoms with Crippen LogP contribution in [0.25, 0.3) is 0 Å². The molecule has 0 saturated carbocycles. The van der Waals surface area contributed by atoms with Gasteiger partial charge in [-0.05, 0) is 37.9 Å². The third-order valence-electron chi connectivity index (χ3n) is 3.82. The van der Waals surface area contributed by atoms with E-state index in [0.29, 0.717) is 12.6 Å². The van der Waals surface area contributed by atoms with E-state index in [1.165, 1.54) is 18.4 Å². The van der Waals surface area contributed by atoms with Gasteiger partial charge in [0.15, 0.2) is 0 Å². The van der Waals surface area contributed by atoms with Gasteiger partial charge in [0, 0.05) is 25.7 Å². The molecular formula is C16H26N2O2. The van der Waals surface area contributed by atoms with Crippen molar-refractivity contribution in [2.24, 2.45) is 0 Å². The third-order valence-corrected chi connectivity index (χ3v) is 3.82. The molecule has 1 aliphatic heterocycles. The Bertz CT molecular complexity index is 392. The molecule has 0 aromatic heterocycles. The van der Waals surface area contributed by atoms with Gasteiger partial charge in [-0.15, -0.1) is 0 Å². The molecule has 112 valence electrons. The van der Waals surface area contributed by atoms with Crippen LogP contribution >= 0.6 is 0 Å². The van der Waals surface area contributed by atoms with E-state index in [-0.39, 0.29) is 6.61 Å². The van der Waals surface area contributed by atoms with Crippen LogP contribution in [0.4, 0.5) is 0 Å². The van der Waals surface area contributed by atoms with Crippen LogP contribution in [-0.4, -0.2) is 55.4 Å². The van der Waals surface area contributed by atoms with Gasteiger partial charge >= 0.3 is 0 Å². The number of aliphatic hydroxyl groups excluding tert-OH is 1. The lowest BCUT2D eigenvalue weighted by molar-refractivity contribution is 0.159. The van der Waals surface area contributed by atoms with Crippen LogP contribution in [0.3, 0.4) is 0 Å².